The highest BCUT2D eigenvalue weighted by Gasteiger charge is 2.22. The van der Waals surface area contributed by atoms with Crippen LogP contribution in [0.1, 0.15) is 17.7 Å². The normalized spacial score (nSPS) is 14.2. The lowest BCUT2D eigenvalue weighted by Gasteiger charge is -2.09. The van der Waals surface area contributed by atoms with Crippen molar-refractivity contribution in [3.05, 3.63) is 66.0 Å². The molecule has 0 bridgehead atoms. The van der Waals surface area contributed by atoms with Gasteiger partial charge in [0.2, 0.25) is 0 Å². The standard InChI is InChI=1S/C16H13NO3S/c18-12-13-6-4-5-9-16-15(13)10-11-17(16)21(19,20)14-7-2-1-3-8-14/h1-3,5-12H,4H2. The molecule has 0 atom stereocenters. The number of nitrogens with zero attached hydrogens (tertiary/aromatic N) is 1. The number of aldehydes is 1. The summed E-state index contributed by atoms with van der Waals surface area (Å²) in [5.74, 6) is 0. The van der Waals surface area contributed by atoms with E-state index in [1.54, 1.807) is 48.6 Å². The maximum atomic E-state index is 12.7. The van der Waals surface area contributed by atoms with Crippen molar-refractivity contribution >= 4 is 28.0 Å². The lowest BCUT2D eigenvalue weighted by atomic mass is 10.1. The van der Waals surface area contributed by atoms with Gasteiger partial charge in [0, 0.05) is 17.3 Å². The summed E-state index contributed by atoms with van der Waals surface area (Å²) in [6.07, 6.45) is 8.21. The topological polar surface area (TPSA) is 56.1 Å². The molecule has 1 aromatic carbocycles. The molecule has 1 aliphatic rings. The van der Waals surface area contributed by atoms with Crippen LogP contribution in [0.5, 0.6) is 0 Å². The lowest BCUT2D eigenvalue weighted by molar-refractivity contribution is -0.103. The van der Waals surface area contributed by atoms with Crippen LogP contribution in [0, 0.1) is 0 Å². The molecule has 1 aliphatic carbocycles. The minimum Gasteiger partial charge on any atom is -0.298 e. The number of carbonyl (C=O) groups is 1. The monoisotopic (exact) mass is 299 g/mol. The van der Waals surface area contributed by atoms with Gasteiger partial charge in [-0.15, -0.1) is 0 Å². The Morgan fingerprint density at radius 3 is 2.57 bits per heavy atom. The number of fused-ring (bicyclic) bond motifs is 1. The van der Waals surface area contributed by atoms with Crippen LogP contribution in [0.4, 0.5) is 0 Å². The van der Waals surface area contributed by atoms with Gasteiger partial charge < -0.3 is 0 Å². The summed E-state index contributed by atoms with van der Waals surface area (Å²) in [6.45, 7) is 0. The molecule has 2 aromatic rings. The van der Waals surface area contributed by atoms with Crippen molar-refractivity contribution < 1.29 is 13.2 Å². The van der Waals surface area contributed by atoms with Crippen molar-refractivity contribution in [3.8, 4) is 0 Å². The quantitative estimate of drug-likeness (QED) is 0.819. The van der Waals surface area contributed by atoms with Gasteiger partial charge in [-0.3, -0.25) is 4.79 Å². The maximum Gasteiger partial charge on any atom is 0.268 e. The smallest absolute Gasteiger partial charge is 0.268 e. The fourth-order valence-corrected chi connectivity index (χ4v) is 3.71. The Bertz CT molecular complexity index is 843. The predicted molar refractivity (Wildman–Crippen MR) is 81.1 cm³/mol. The molecule has 3 rings (SSSR count). The highest BCUT2D eigenvalue weighted by Crippen LogP contribution is 2.27. The summed E-state index contributed by atoms with van der Waals surface area (Å²) in [5, 5.41) is 0. The lowest BCUT2D eigenvalue weighted by Crippen LogP contribution is -2.13. The van der Waals surface area contributed by atoms with E-state index in [0.717, 1.165) is 6.29 Å². The first-order valence-electron chi connectivity index (χ1n) is 6.49. The molecule has 0 saturated heterocycles. The first-order valence-corrected chi connectivity index (χ1v) is 7.93. The summed E-state index contributed by atoms with van der Waals surface area (Å²) in [4.78, 5) is 11.4. The van der Waals surface area contributed by atoms with Crippen molar-refractivity contribution in [1.29, 1.82) is 0 Å². The van der Waals surface area contributed by atoms with Gasteiger partial charge in [0.15, 0.2) is 0 Å². The van der Waals surface area contributed by atoms with Crippen molar-refractivity contribution in [1.82, 2.24) is 3.97 Å². The van der Waals surface area contributed by atoms with E-state index in [1.165, 1.54) is 10.2 Å². The Morgan fingerprint density at radius 1 is 1.10 bits per heavy atom. The number of benzene rings is 1. The molecular weight excluding hydrogens is 286 g/mol. The van der Waals surface area contributed by atoms with Crippen LogP contribution in [0.2, 0.25) is 0 Å². The van der Waals surface area contributed by atoms with E-state index in [9.17, 15) is 13.2 Å². The molecular formula is C16H13NO3S. The molecule has 0 unspecified atom stereocenters. The first-order chi connectivity index (χ1) is 10.1. The van der Waals surface area contributed by atoms with E-state index in [4.69, 9.17) is 0 Å². The molecule has 21 heavy (non-hydrogen) atoms. The zero-order chi connectivity index (χ0) is 14.9. The van der Waals surface area contributed by atoms with Crippen molar-refractivity contribution in [2.75, 3.05) is 0 Å². The highest BCUT2D eigenvalue weighted by molar-refractivity contribution is 7.90. The van der Waals surface area contributed by atoms with Gasteiger partial charge in [0.1, 0.15) is 6.29 Å². The van der Waals surface area contributed by atoms with Gasteiger partial charge in [-0.1, -0.05) is 30.4 Å². The summed E-state index contributed by atoms with van der Waals surface area (Å²) >= 11 is 0. The number of rotatable bonds is 3. The Kier molecular flexibility index (Phi) is 3.35. The summed E-state index contributed by atoms with van der Waals surface area (Å²) in [6, 6.07) is 9.90. The van der Waals surface area contributed by atoms with E-state index in [2.05, 4.69) is 0 Å². The molecule has 4 nitrogen and oxygen atoms in total. The van der Waals surface area contributed by atoms with Crippen LogP contribution in [-0.2, 0) is 14.8 Å². The second-order valence-corrected chi connectivity index (χ2v) is 6.46. The van der Waals surface area contributed by atoms with Gasteiger partial charge >= 0.3 is 0 Å². The fourth-order valence-electron chi connectivity index (χ4n) is 2.35. The third-order valence-corrected chi connectivity index (χ3v) is 5.08. The molecule has 0 amide bonds. The number of hydrogen-bond acceptors (Lipinski definition) is 3. The molecule has 0 spiro atoms. The van der Waals surface area contributed by atoms with Gasteiger partial charge in [-0.2, -0.15) is 0 Å². The third-order valence-electron chi connectivity index (χ3n) is 3.38. The number of allylic oxidation sites excluding steroid dienone is 3. The van der Waals surface area contributed by atoms with Gasteiger partial charge in [0.05, 0.1) is 10.6 Å². The van der Waals surface area contributed by atoms with Crippen LogP contribution in [0.3, 0.4) is 0 Å². The second-order valence-electron chi connectivity index (χ2n) is 4.64. The van der Waals surface area contributed by atoms with Crippen molar-refractivity contribution in [2.24, 2.45) is 0 Å². The van der Waals surface area contributed by atoms with Crippen LogP contribution in [-0.4, -0.2) is 18.7 Å². The van der Waals surface area contributed by atoms with Gasteiger partial charge in [-0.25, -0.2) is 12.4 Å². The van der Waals surface area contributed by atoms with Crippen LogP contribution >= 0.6 is 0 Å². The SMILES string of the molecule is O=CC1=CCC=Cc2c1ccn2S(=O)(=O)c1ccccc1. The molecule has 0 N–H and O–H groups in total. The van der Waals surface area contributed by atoms with Crippen molar-refractivity contribution in [3.63, 3.8) is 0 Å². The average molecular weight is 299 g/mol. The largest absolute Gasteiger partial charge is 0.298 e. The minimum absolute atomic E-state index is 0.220. The Morgan fingerprint density at radius 2 is 1.86 bits per heavy atom. The van der Waals surface area contributed by atoms with Crippen molar-refractivity contribution in [2.45, 2.75) is 11.3 Å². The molecule has 106 valence electrons. The Balaban J connectivity index is 2.21. The van der Waals surface area contributed by atoms with Gasteiger partial charge in [-0.05, 0) is 30.7 Å². The minimum atomic E-state index is -3.66. The summed E-state index contributed by atoms with van der Waals surface area (Å²) in [7, 11) is -3.66. The summed E-state index contributed by atoms with van der Waals surface area (Å²) in [5.41, 5.74) is 1.66. The van der Waals surface area contributed by atoms with E-state index < -0.39 is 10.0 Å². The molecule has 5 heteroatoms. The predicted octanol–water partition coefficient (Wildman–Crippen LogP) is 2.72. The molecule has 1 aromatic heterocycles. The zero-order valence-corrected chi connectivity index (χ0v) is 12.0. The number of hydrogen-bond donors (Lipinski definition) is 0. The summed E-state index contributed by atoms with van der Waals surface area (Å²) < 4.78 is 26.6. The Hall–Kier alpha value is -2.40. The number of carbonyl (C=O) groups excluding carboxylic acids is 1. The zero-order valence-electron chi connectivity index (χ0n) is 11.1. The van der Waals surface area contributed by atoms with E-state index in [-0.39, 0.29) is 4.90 Å². The van der Waals surface area contributed by atoms with Crippen LogP contribution < -0.4 is 0 Å². The Labute approximate surface area is 123 Å². The van der Waals surface area contributed by atoms with E-state index in [0.29, 0.717) is 23.3 Å². The molecule has 0 aliphatic heterocycles. The first kappa shape index (κ1) is 13.6. The molecule has 0 saturated carbocycles. The highest BCUT2D eigenvalue weighted by atomic mass is 32.2. The van der Waals surface area contributed by atoms with E-state index in [1.807, 2.05) is 6.08 Å². The van der Waals surface area contributed by atoms with Crippen LogP contribution in [0.15, 0.2) is 59.6 Å². The van der Waals surface area contributed by atoms with Crippen LogP contribution in [0.25, 0.3) is 11.6 Å². The van der Waals surface area contributed by atoms with Gasteiger partial charge in [0.25, 0.3) is 10.0 Å². The maximum absolute atomic E-state index is 12.7. The average Bonchev–Trinajstić information content (AvgIpc) is 2.83. The third kappa shape index (κ3) is 2.25. The fraction of sp³-hybridized carbons (Fsp3) is 0.0625. The second kappa shape index (κ2) is 5.18. The number of aromatic nitrogens is 1. The van der Waals surface area contributed by atoms with E-state index >= 15 is 0 Å². The molecule has 0 radical (unpaired) electrons. The molecule has 1 heterocycles. The molecule has 0 fully saturated rings.